The molecule has 2 nitrogen and oxygen atoms in total. The number of alkyl halides is 1. The van der Waals surface area contributed by atoms with E-state index in [9.17, 15) is 4.79 Å². The SMILES string of the molecule is CCCCCc1ccc(C2CCC(C(=O)OC3CCC(CBr)CC3)CC2)cc1. The summed E-state index contributed by atoms with van der Waals surface area (Å²) in [7, 11) is 0. The van der Waals surface area contributed by atoms with Gasteiger partial charge in [0.15, 0.2) is 0 Å². The normalized spacial score (nSPS) is 28.1. The molecule has 2 aliphatic carbocycles. The van der Waals surface area contributed by atoms with Crippen molar-refractivity contribution in [3.63, 3.8) is 0 Å². The van der Waals surface area contributed by atoms with Crippen molar-refractivity contribution in [3.05, 3.63) is 35.4 Å². The maximum absolute atomic E-state index is 12.6. The first-order valence-electron chi connectivity index (χ1n) is 11.5. The fourth-order valence-electron chi connectivity index (χ4n) is 4.86. The molecule has 0 saturated heterocycles. The van der Waals surface area contributed by atoms with Crippen molar-refractivity contribution in [3.8, 4) is 0 Å². The molecule has 0 aromatic heterocycles. The number of hydrogen-bond donors (Lipinski definition) is 0. The Morgan fingerprint density at radius 2 is 1.64 bits per heavy atom. The summed E-state index contributed by atoms with van der Waals surface area (Å²) >= 11 is 3.58. The first-order chi connectivity index (χ1) is 13.7. The monoisotopic (exact) mass is 448 g/mol. The summed E-state index contributed by atoms with van der Waals surface area (Å²) in [6.07, 6.45) is 13.9. The van der Waals surface area contributed by atoms with Gasteiger partial charge in [-0.2, -0.15) is 0 Å². The molecule has 0 N–H and O–H groups in total. The number of carbonyl (C=O) groups excluding carboxylic acids is 1. The molecule has 3 rings (SSSR count). The Labute approximate surface area is 179 Å². The smallest absolute Gasteiger partial charge is 0.309 e. The summed E-state index contributed by atoms with van der Waals surface area (Å²) in [4.78, 5) is 12.6. The van der Waals surface area contributed by atoms with Crippen LogP contribution in [0.1, 0.15) is 94.6 Å². The van der Waals surface area contributed by atoms with Crippen LogP contribution in [-0.2, 0) is 16.0 Å². The van der Waals surface area contributed by atoms with E-state index in [1.54, 1.807) is 0 Å². The Morgan fingerprint density at radius 1 is 0.964 bits per heavy atom. The van der Waals surface area contributed by atoms with Crippen LogP contribution in [0.5, 0.6) is 0 Å². The standard InChI is InChI=1S/C25H37BrO2/c1-2-3-4-5-19-6-10-21(11-7-19)22-12-14-23(15-13-22)25(27)28-24-16-8-20(18-26)9-17-24/h6-7,10-11,20,22-24H,2-5,8-9,12-18H2,1H3. The van der Waals surface area contributed by atoms with Crippen molar-refractivity contribution in [2.45, 2.75) is 96.0 Å². The molecule has 0 radical (unpaired) electrons. The van der Waals surface area contributed by atoms with Gasteiger partial charge in [-0.15, -0.1) is 0 Å². The van der Waals surface area contributed by atoms with Gasteiger partial charge in [-0.05, 0) is 87.2 Å². The molecule has 3 heteroatoms. The molecule has 2 saturated carbocycles. The van der Waals surface area contributed by atoms with Crippen molar-refractivity contribution in [2.24, 2.45) is 11.8 Å². The number of ether oxygens (including phenoxy) is 1. The minimum atomic E-state index is 0.0759. The molecular formula is C25H37BrO2. The van der Waals surface area contributed by atoms with Crippen molar-refractivity contribution in [1.82, 2.24) is 0 Å². The Balaban J connectivity index is 1.41. The molecule has 2 fully saturated rings. The van der Waals surface area contributed by atoms with Crippen LogP contribution >= 0.6 is 15.9 Å². The highest BCUT2D eigenvalue weighted by atomic mass is 79.9. The van der Waals surface area contributed by atoms with Crippen molar-refractivity contribution >= 4 is 21.9 Å². The van der Waals surface area contributed by atoms with E-state index in [1.807, 2.05) is 0 Å². The van der Waals surface area contributed by atoms with Crippen LogP contribution in [0.3, 0.4) is 0 Å². The highest BCUT2D eigenvalue weighted by molar-refractivity contribution is 9.09. The number of unbranched alkanes of at least 4 members (excludes halogenated alkanes) is 2. The number of esters is 1. The summed E-state index contributed by atoms with van der Waals surface area (Å²) < 4.78 is 5.87. The summed E-state index contributed by atoms with van der Waals surface area (Å²) in [5, 5.41) is 1.08. The first-order valence-corrected chi connectivity index (χ1v) is 12.7. The van der Waals surface area contributed by atoms with E-state index in [-0.39, 0.29) is 18.0 Å². The quantitative estimate of drug-likeness (QED) is 0.239. The zero-order valence-electron chi connectivity index (χ0n) is 17.5. The van der Waals surface area contributed by atoms with Gasteiger partial charge in [0.1, 0.15) is 6.10 Å². The van der Waals surface area contributed by atoms with Crippen LogP contribution in [0.15, 0.2) is 24.3 Å². The molecule has 0 unspecified atom stereocenters. The lowest BCUT2D eigenvalue weighted by Gasteiger charge is -2.31. The van der Waals surface area contributed by atoms with Gasteiger partial charge in [0.25, 0.3) is 0 Å². The van der Waals surface area contributed by atoms with E-state index >= 15 is 0 Å². The molecule has 1 aromatic carbocycles. The molecule has 0 amide bonds. The number of aryl methyl sites for hydroxylation is 1. The van der Waals surface area contributed by atoms with Gasteiger partial charge in [0.2, 0.25) is 0 Å². The van der Waals surface area contributed by atoms with Gasteiger partial charge in [-0.1, -0.05) is 60.0 Å². The summed E-state index contributed by atoms with van der Waals surface area (Å²) in [5.41, 5.74) is 2.92. The summed E-state index contributed by atoms with van der Waals surface area (Å²) in [6.45, 7) is 2.25. The lowest BCUT2D eigenvalue weighted by atomic mass is 9.78. The highest BCUT2D eigenvalue weighted by Gasteiger charge is 2.31. The Morgan fingerprint density at radius 3 is 2.25 bits per heavy atom. The van der Waals surface area contributed by atoms with Crippen molar-refractivity contribution < 1.29 is 9.53 Å². The average molecular weight is 449 g/mol. The number of halogens is 1. The first kappa shape index (κ1) is 21.9. The number of rotatable bonds is 8. The number of hydrogen-bond acceptors (Lipinski definition) is 2. The van der Waals surface area contributed by atoms with E-state index in [2.05, 4.69) is 47.1 Å². The predicted octanol–water partition coefficient (Wildman–Crippen LogP) is 7.19. The second kappa shape index (κ2) is 11.4. The molecule has 0 spiro atoms. The van der Waals surface area contributed by atoms with Gasteiger partial charge in [-0.3, -0.25) is 4.79 Å². The predicted molar refractivity (Wildman–Crippen MR) is 120 cm³/mol. The lowest BCUT2D eigenvalue weighted by molar-refractivity contribution is -0.157. The highest BCUT2D eigenvalue weighted by Crippen LogP contribution is 2.37. The third kappa shape index (κ3) is 6.34. The van der Waals surface area contributed by atoms with Crippen LogP contribution in [0, 0.1) is 11.8 Å². The summed E-state index contributed by atoms with van der Waals surface area (Å²) in [5.74, 6) is 1.58. The molecule has 156 valence electrons. The molecule has 0 heterocycles. The minimum absolute atomic E-state index is 0.0759. The molecule has 28 heavy (non-hydrogen) atoms. The van der Waals surface area contributed by atoms with Crippen LogP contribution in [0.25, 0.3) is 0 Å². The maximum atomic E-state index is 12.6. The third-order valence-electron chi connectivity index (χ3n) is 6.88. The molecule has 2 aliphatic rings. The van der Waals surface area contributed by atoms with E-state index in [0.29, 0.717) is 5.92 Å². The molecule has 0 aliphatic heterocycles. The van der Waals surface area contributed by atoms with E-state index in [4.69, 9.17) is 4.74 Å². The Bertz CT molecular complexity index is 581. The molecule has 1 aromatic rings. The fraction of sp³-hybridized carbons (Fsp3) is 0.720. The number of benzene rings is 1. The summed E-state index contributed by atoms with van der Waals surface area (Å²) in [6, 6.07) is 9.28. The van der Waals surface area contributed by atoms with Gasteiger partial charge in [-0.25, -0.2) is 0 Å². The largest absolute Gasteiger partial charge is 0.462 e. The van der Waals surface area contributed by atoms with Crippen LogP contribution < -0.4 is 0 Å². The lowest BCUT2D eigenvalue weighted by Crippen LogP contribution is -2.30. The van der Waals surface area contributed by atoms with Gasteiger partial charge in [0, 0.05) is 5.33 Å². The third-order valence-corrected chi connectivity index (χ3v) is 7.79. The van der Waals surface area contributed by atoms with Crippen LogP contribution in [0.2, 0.25) is 0 Å². The zero-order valence-corrected chi connectivity index (χ0v) is 19.1. The fourth-order valence-corrected chi connectivity index (χ4v) is 5.51. The zero-order chi connectivity index (χ0) is 19.8. The minimum Gasteiger partial charge on any atom is -0.462 e. The Kier molecular flexibility index (Phi) is 8.89. The second-order valence-electron chi connectivity index (χ2n) is 8.98. The van der Waals surface area contributed by atoms with Crippen LogP contribution in [0.4, 0.5) is 0 Å². The van der Waals surface area contributed by atoms with E-state index in [0.717, 1.165) is 49.8 Å². The maximum Gasteiger partial charge on any atom is 0.309 e. The van der Waals surface area contributed by atoms with E-state index < -0.39 is 0 Å². The van der Waals surface area contributed by atoms with Gasteiger partial charge >= 0.3 is 5.97 Å². The Hall–Kier alpha value is -0.830. The van der Waals surface area contributed by atoms with Crippen molar-refractivity contribution in [2.75, 3.05) is 5.33 Å². The average Bonchev–Trinajstić information content (AvgIpc) is 2.75. The van der Waals surface area contributed by atoms with Gasteiger partial charge < -0.3 is 4.74 Å². The molecule has 0 atom stereocenters. The van der Waals surface area contributed by atoms with Crippen molar-refractivity contribution in [1.29, 1.82) is 0 Å². The van der Waals surface area contributed by atoms with Gasteiger partial charge in [0.05, 0.1) is 5.92 Å². The molecule has 0 bridgehead atoms. The molecular weight excluding hydrogens is 412 g/mol. The topological polar surface area (TPSA) is 26.3 Å². The van der Waals surface area contributed by atoms with E-state index in [1.165, 1.54) is 49.7 Å². The number of carbonyl (C=O) groups is 1. The second-order valence-corrected chi connectivity index (χ2v) is 9.63. The van der Waals surface area contributed by atoms with Crippen LogP contribution in [-0.4, -0.2) is 17.4 Å².